The molecule has 0 unspecified atom stereocenters. The van der Waals surface area contributed by atoms with Crippen molar-refractivity contribution in [3.05, 3.63) is 64.3 Å². The smallest absolute Gasteiger partial charge is 0.305 e. The van der Waals surface area contributed by atoms with Gasteiger partial charge >= 0.3 is 5.97 Å². The van der Waals surface area contributed by atoms with Gasteiger partial charge in [0.05, 0.1) is 16.3 Å². The second-order valence-corrected chi connectivity index (χ2v) is 9.93. The minimum Gasteiger partial charge on any atom is -0.461 e. The first kappa shape index (κ1) is 26.5. The largest absolute Gasteiger partial charge is 0.461 e. The van der Waals surface area contributed by atoms with Crippen molar-refractivity contribution >= 4 is 37.8 Å². The van der Waals surface area contributed by atoms with E-state index in [9.17, 15) is 26.8 Å². The number of rotatable bonds is 9. The van der Waals surface area contributed by atoms with Crippen LogP contribution in [0, 0.1) is 0 Å². The molecular formula is C23H22BrF2N3O5S. The summed E-state index contributed by atoms with van der Waals surface area (Å²) in [5, 5.41) is 4.01. The van der Waals surface area contributed by atoms with Crippen molar-refractivity contribution in [3.63, 3.8) is 0 Å². The summed E-state index contributed by atoms with van der Waals surface area (Å²) in [5.41, 5.74) is 0.793. The van der Waals surface area contributed by atoms with Gasteiger partial charge < -0.3 is 4.74 Å². The van der Waals surface area contributed by atoms with Gasteiger partial charge in [0.25, 0.3) is 16.4 Å². The molecule has 8 nitrogen and oxygen atoms in total. The van der Waals surface area contributed by atoms with Crippen LogP contribution in [-0.2, 0) is 31.0 Å². The summed E-state index contributed by atoms with van der Waals surface area (Å²) in [7, 11) is -4.28. The Bertz CT molecular complexity index is 1340. The summed E-state index contributed by atoms with van der Waals surface area (Å²) in [6.45, 7) is 2.67. The van der Waals surface area contributed by atoms with E-state index in [4.69, 9.17) is 4.74 Å². The van der Waals surface area contributed by atoms with Gasteiger partial charge in [0.2, 0.25) is 5.91 Å². The molecule has 2 aromatic carbocycles. The molecule has 1 aromatic heterocycles. The summed E-state index contributed by atoms with van der Waals surface area (Å²) in [4.78, 5) is 23.2. The maximum Gasteiger partial charge on any atom is 0.305 e. The number of benzene rings is 2. The minimum absolute atomic E-state index is 0.0524. The van der Waals surface area contributed by atoms with E-state index in [-0.39, 0.29) is 29.0 Å². The highest BCUT2D eigenvalue weighted by atomic mass is 79.9. The van der Waals surface area contributed by atoms with Crippen LogP contribution in [-0.4, -0.2) is 30.1 Å². The first-order valence-corrected chi connectivity index (χ1v) is 12.8. The predicted molar refractivity (Wildman–Crippen MR) is 127 cm³/mol. The summed E-state index contributed by atoms with van der Waals surface area (Å²) in [5.74, 6) is -1.28. The number of nitrogens with zero attached hydrogens (tertiary/aromatic N) is 2. The fourth-order valence-electron chi connectivity index (χ4n) is 3.14. The molecule has 3 rings (SSSR count). The molecule has 1 N–H and O–H groups in total. The Morgan fingerprint density at radius 3 is 2.37 bits per heavy atom. The second-order valence-electron chi connectivity index (χ2n) is 7.36. The lowest BCUT2D eigenvalue weighted by Gasteiger charge is -2.15. The number of hydrogen-bond acceptors (Lipinski definition) is 6. The number of sulfonamides is 1. The molecule has 35 heavy (non-hydrogen) atoms. The van der Waals surface area contributed by atoms with Gasteiger partial charge in [0.1, 0.15) is 12.3 Å². The molecule has 186 valence electrons. The third-order valence-electron chi connectivity index (χ3n) is 4.92. The van der Waals surface area contributed by atoms with Crippen LogP contribution in [0.2, 0.25) is 0 Å². The number of amides is 1. The Balaban J connectivity index is 2.16. The molecule has 12 heteroatoms. The number of ether oxygens (including phenoxy) is 1. The van der Waals surface area contributed by atoms with E-state index in [0.29, 0.717) is 11.3 Å². The Morgan fingerprint density at radius 2 is 1.77 bits per heavy atom. The monoisotopic (exact) mass is 569 g/mol. The van der Waals surface area contributed by atoms with Gasteiger partial charge in [-0.1, -0.05) is 41.9 Å². The lowest BCUT2D eigenvalue weighted by molar-refractivity contribution is -0.144. The topological polar surface area (TPSA) is 107 Å². The van der Waals surface area contributed by atoms with Crippen LogP contribution < -0.4 is 4.72 Å². The summed E-state index contributed by atoms with van der Waals surface area (Å²) in [6.07, 6.45) is -2.82. The Labute approximate surface area is 209 Å². The van der Waals surface area contributed by atoms with Crippen molar-refractivity contribution in [2.45, 2.75) is 44.6 Å². The van der Waals surface area contributed by atoms with Crippen molar-refractivity contribution in [2.75, 3.05) is 0 Å². The fourth-order valence-corrected chi connectivity index (χ4v) is 4.67. The Morgan fingerprint density at radius 1 is 1.09 bits per heavy atom. The standard InChI is InChI=1S/C23H22BrF2N3O5S/c1-3-21(30)28-35(32,33)20-10-9-17(11-15(20)13-34-22(31)4-2)29-19(12-18(27-29)23(25)26)14-5-7-16(24)8-6-14/h5-12,23H,3-4,13H2,1-2H3,(H,28,30). The first-order chi connectivity index (χ1) is 16.6. The Kier molecular flexibility index (Phi) is 8.39. The molecule has 0 aliphatic heterocycles. The van der Waals surface area contributed by atoms with Crippen molar-refractivity contribution in [2.24, 2.45) is 0 Å². The predicted octanol–water partition coefficient (Wildman–Crippen LogP) is 4.91. The van der Waals surface area contributed by atoms with Gasteiger partial charge in [0.15, 0.2) is 0 Å². The zero-order valence-corrected chi connectivity index (χ0v) is 21.2. The average Bonchev–Trinajstić information content (AvgIpc) is 3.28. The van der Waals surface area contributed by atoms with Gasteiger partial charge in [0, 0.05) is 28.4 Å². The van der Waals surface area contributed by atoms with E-state index in [1.165, 1.54) is 35.9 Å². The molecule has 0 aliphatic rings. The van der Waals surface area contributed by atoms with Gasteiger partial charge in [-0.2, -0.15) is 5.10 Å². The maximum absolute atomic E-state index is 13.5. The van der Waals surface area contributed by atoms with E-state index in [1.54, 1.807) is 31.2 Å². The van der Waals surface area contributed by atoms with E-state index >= 15 is 0 Å². The molecule has 0 atom stereocenters. The van der Waals surface area contributed by atoms with Gasteiger partial charge in [-0.05, 0) is 36.4 Å². The molecule has 0 fully saturated rings. The lowest BCUT2D eigenvalue weighted by Crippen LogP contribution is -2.30. The summed E-state index contributed by atoms with van der Waals surface area (Å²) >= 11 is 3.33. The van der Waals surface area contributed by atoms with Crippen LogP contribution in [0.4, 0.5) is 8.78 Å². The van der Waals surface area contributed by atoms with Crippen LogP contribution in [0.15, 0.2) is 57.9 Å². The van der Waals surface area contributed by atoms with E-state index in [2.05, 4.69) is 21.0 Å². The van der Waals surface area contributed by atoms with Crippen LogP contribution in [0.3, 0.4) is 0 Å². The first-order valence-electron chi connectivity index (χ1n) is 10.5. The number of esters is 1. The van der Waals surface area contributed by atoms with Crippen LogP contribution in [0.25, 0.3) is 16.9 Å². The van der Waals surface area contributed by atoms with E-state index in [0.717, 1.165) is 4.47 Å². The van der Waals surface area contributed by atoms with Crippen molar-refractivity contribution in [3.8, 4) is 16.9 Å². The third kappa shape index (κ3) is 6.31. The summed E-state index contributed by atoms with van der Waals surface area (Å²) < 4.78 is 61.7. The number of alkyl halides is 2. The number of halogens is 3. The molecule has 1 amide bonds. The fraction of sp³-hybridized carbons (Fsp3) is 0.261. The SMILES string of the molecule is CCC(=O)NS(=O)(=O)c1ccc(-n2nc(C(F)F)cc2-c2ccc(Br)cc2)cc1COC(=O)CC. The molecule has 1 heterocycles. The number of hydrogen-bond donors (Lipinski definition) is 1. The molecule has 0 aliphatic carbocycles. The van der Waals surface area contributed by atoms with E-state index < -0.39 is 40.6 Å². The zero-order valence-electron chi connectivity index (χ0n) is 18.8. The van der Waals surface area contributed by atoms with Crippen LogP contribution in [0.1, 0.15) is 44.4 Å². The molecule has 3 aromatic rings. The van der Waals surface area contributed by atoms with Crippen molar-refractivity contribution < 1.29 is 31.5 Å². The number of carbonyl (C=O) groups excluding carboxylic acids is 2. The second kappa shape index (κ2) is 11.1. The quantitative estimate of drug-likeness (QED) is 0.367. The molecule has 0 bridgehead atoms. The van der Waals surface area contributed by atoms with Crippen LogP contribution in [0.5, 0.6) is 0 Å². The highest BCUT2D eigenvalue weighted by molar-refractivity contribution is 9.10. The third-order valence-corrected chi connectivity index (χ3v) is 6.92. The lowest BCUT2D eigenvalue weighted by atomic mass is 10.1. The van der Waals surface area contributed by atoms with Crippen LogP contribution >= 0.6 is 15.9 Å². The van der Waals surface area contributed by atoms with E-state index in [1.807, 2.05) is 4.72 Å². The maximum atomic E-state index is 13.5. The summed E-state index contributed by atoms with van der Waals surface area (Å²) in [6, 6.07) is 12.1. The van der Waals surface area contributed by atoms with Gasteiger partial charge in [-0.3, -0.25) is 9.59 Å². The highest BCUT2D eigenvalue weighted by Crippen LogP contribution is 2.30. The molecule has 0 spiro atoms. The van der Waals surface area contributed by atoms with Crippen molar-refractivity contribution in [1.82, 2.24) is 14.5 Å². The minimum atomic E-state index is -4.28. The van der Waals surface area contributed by atoms with Gasteiger partial charge in [-0.25, -0.2) is 26.6 Å². The highest BCUT2D eigenvalue weighted by Gasteiger charge is 2.24. The molecule has 0 saturated heterocycles. The average molecular weight is 570 g/mol. The normalized spacial score (nSPS) is 11.5. The van der Waals surface area contributed by atoms with Crippen molar-refractivity contribution in [1.29, 1.82) is 0 Å². The zero-order chi connectivity index (χ0) is 25.8. The van der Waals surface area contributed by atoms with Gasteiger partial charge in [-0.15, -0.1) is 0 Å². The molecule has 0 radical (unpaired) electrons. The number of aromatic nitrogens is 2. The molecule has 0 saturated carbocycles. The molecular weight excluding hydrogens is 548 g/mol. The number of carbonyl (C=O) groups is 2. The number of nitrogens with one attached hydrogen (secondary N) is 1. The Hall–Kier alpha value is -3.12.